The molecule has 18 heavy (non-hydrogen) atoms. The van der Waals surface area contributed by atoms with Crippen molar-refractivity contribution in [2.75, 3.05) is 32.9 Å². The van der Waals surface area contributed by atoms with Crippen molar-refractivity contribution < 1.29 is 4.74 Å². The van der Waals surface area contributed by atoms with Crippen LogP contribution in [-0.4, -0.2) is 37.8 Å². The minimum Gasteiger partial charge on any atom is -0.362 e. The SMILES string of the molecule is CCc1cc(COCNCCN2CCCC2)cs1. The molecule has 0 radical (unpaired) electrons. The molecule has 102 valence electrons. The lowest BCUT2D eigenvalue weighted by molar-refractivity contribution is 0.102. The van der Waals surface area contributed by atoms with E-state index in [-0.39, 0.29) is 0 Å². The van der Waals surface area contributed by atoms with Gasteiger partial charge in [-0.3, -0.25) is 5.32 Å². The van der Waals surface area contributed by atoms with Gasteiger partial charge in [-0.1, -0.05) is 6.92 Å². The van der Waals surface area contributed by atoms with E-state index in [4.69, 9.17) is 4.74 Å². The van der Waals surface area contributed by atoms with Crippen LogP contribution in [-0.2, 0) is 17.8 Å². The summed E-state index contributed by atoms with van der Waals surface area (Å²) in [6.07, 6.45) is 3.86. The van der Waals surface area contributed by atoms with Crippen LogP contribution in [0.15, 0.2) is 11.4 Å². The molecule has 1 aliphatic rings. The second kappa shape index (κ2) is 7.89. The predicted molar refractivity (Wildman–Crippen MR) is 77.0 cm³/mol. The third-order valence-electron chi connectivity index (χ3n) is 3.33. The summed E-state index contributed by atoms with van der Waals surface area (Å²) in [5.41, 5.74) is 1.30. The third kappa shape index (κ3) is 4.69. The van der Waals surface area contributed by atoms with Gasteiger partial charge in [0, 0.05) is 18.0 Å². The van der Waals surface area contributed by atoms with Gasteiger partial charge in [0.2, 0.25) is 0 Å². The van der Waals surface area contributed by atoms with Crippen molar-refractivity contribution in [1.82, 2.24) is 10.2 Å². The van der Waals surface area contributed by atoms with Crippen LogP contribution in [0.5, 0.6) is 0 Å². The zero-order chi connectivity index (χ0) is 12.6. The Balaban J connectivity index is 1.48. The number of likely N-dealkylation sites (tertiary alicyclic amines) is 1. The van der Waals surface area contributed by atoms with E-state index in [2.05, 4.69) is 28.6 Å². The van der Waals surface area contributed by atoms with Crippen molar-refractivity contribution in [2.24, 2.45) is 0 Å². The second-order valence-electron chi connectivity index (χ2n) is 4.82. The maximum Gasteiger partial charge on any atom is 0.0970 e. The molecule has 1 aromatic heterocycles. The molecule has 4 heteroatoms. The first-order valence-electron chi connectivity index (χ1n) is 6.95. The molecule has 0 spiro atoms. The minimum atomic E-state index is 0.658. The number of hydrogen-bond donors (Lipinski definition) is 1. The van der Waals surface area contributed by atoms with E-state index in [0.717, 1.165) is 26.1 Å². The number of thiophene rings is 1. The number of rotatable bonds is 8. The number of hydrogen-bond acceptors (Lipinski definition) is 4. The topological polar surface area (TPSA) is 24.5 Å². The van der Waals surface area contributed by atoms with Crippen LogP contribution in [0, 0.1) is 0 Å². The summed E-state index contributed by atoms with van der Waals surface area (Å²) in [4.78, 5) is 3.95. The van der Waals surface area contributed by atoms with Gasteiger partial charge in [-0.05, 0) is 49.4 Å². The van der Waals surface area contributed by atoms with E-state index in [0.29, 0.717) is 6.73 Å². The summed E-state index contributed by atoms with van der Waals surface area (Å²) in [5.74, 6) is 0. The highest BCUT2D eigenvalue weighted by Crippen LogP contribution is 2.15. The lowest BCUT2D eigenvalue weighted by Gasteiger charge is -2.14. The van der Waals surface area contributed by atoms with Gasteiger partial charge in [-0.15, -0.1) is 11.3 Å². The summed E-state index contributed by atoms with van der Waals surface area (Å²) in [7, 11) is 0. The lowest BCUT2D eigenvalue weighted by Crippen LogP contribution is -2.31. The molecule has 1 saturated heterocycles. The quantitative estimate of drug-likeness (QED) is 0.579. The fourth-order valence-corrected chi connectivity index (χ4v) is 3.07. The van der Waals surface area contributed by atoms with Gasteiger partial charge in [0.05, 0.1) is 13.3 Å². The molecule has 0 amide bonds. The average molecular weight is 268 g/mol. The fraction of sp³-hybridized carbons (Fsp3) is 0.714. The van der Waals surface area contributed by atoms with Crippen LogP contribution < -0.4 is 5.32 Å². The van der Waals surface area contributed by atoms with Crippen LogP contribution in [0.3, 0.4) is 0 Å². The summed E-state index contributed by atoms with van der Waals surface area (Å²) in [6, 6.07) is 2.24. The Labute approximate surface area is 114 Å². The normalized spacial score (nSPS) is 16.5. The first-order chi connectivity index (χ1) is 8.88. The van der Waals surface area contributed by atoms with Gasteiger partial charge in [-0.25, -0.2) is 0 Å². The summed E-state index contributed by atoms with van der Waals surface area (Å²) >= 11 is 1.83. The van der Waals surface area contributed by atoms with E-state index in [1.165, 1.54) is 36.4 Å². The molecule has 2 rings (SSSR count). The van der Waals surface area contributed by atoms with Crippen molar-refractivity contribution in [3.63, 3.8) is 0 Å². The van der Waals surface area contributed by atoms with E-state index < -0.39 is 0 Å². The number of nitrogens with zero attached hydrogens (tertiary/aromatic N) is 1. The first kappa shape index (κ1) is 14.0. The zero-order valence-electron chi connectivity index (χ0n) is 11.3. The van der Waals surface area contributed by atoms with E-state index in [1.807, 2.05) is 11.3 Å². The van der Waals surface area contributed by atoms with E-state index >= 15 is 0 Å². The Hall–Kier alpha value is -0.420. The van der Waals surface area contributed by atoms with Gasteiger partial charge >= 0.3 is 0 Å². The van der Waals surface area contributed by atoms with E-state index in [1.54, 1.807) is 0 Å². The Morgan fingerprint density at radius 3 is 2.94 bits per heavy atom. The van der Waals surface area contributed by atoms with Crippen LogP contribution in [0.1, 0.15) is 30.2 Å². The molecule has 1 aliphatic heterocycles. The number of ether oxygens (including phenoxy) is 1. The van der Waals surface area contributed by atoms with E-state index in [9.17, 15) is 0 Å². The third-order valence-corrected chi connectivity index (χ3v) is 4.46. The zero-order valence-corrected chi connectivity index (χ0v) is 12.1. The van der Waals surface area contributed by atoms with Gasteiger partial charge in [-0.2, -0.15) is 0 Å². The molecule has 0 aliphatic carbocycles. The average Bonchev–Trinajstić information content (AvgIpc) is 3.04. The monoisotopic (exact) mass is 268 g/mol. The number of nitrogens with one attached hydrogen (secondary N) is 1. The largest absolute Gasteiger partial charge is 0.362 e. The lowest BCUT2D eigenvalue weighted by atomic mass is 10.3. The van der Waals surface area contributed by atoms with Crippen LogP contribution in [0.2, 0.25) is 0 Å². The first-order valence-corrected chi connectivity index (χ1v) is 7.83. The van der Waals surface area contributed by atoms with Crippen LogP contribution >= 0.6 is 11.3 Å². The Morgan fingerprint density at radius 2 is 2.22 bits per heavy atom. The maximum absolute atomic E-state index is 5.62. The molecular weight excluding hydrogens is 244 g/mol. The molecule has 1 fully saturated rings. The van der Waals surface area contributed by atoms with Gasteiger partial charge in [0.1, 0.15) is 0 Å². The van der Waals surface area contributed by atoms with Crippen molar-refractivity contribution in [1.29, 1.82) is 0 Å². The predicted octanol–water partition coefficient (Wildman–Crippen LogP) is 2.47. The molecule has 0 saturated carbocycles. The molecule has 2 heterocycles. The maximum atomic E-state index is 5.62. The van der Waals surface area contributed by atoms with Crippen molar-refractivity contribution in [2.45, 2.75) is 32.8 Å². The fourth-order valence-electron chi connectivity index (χ4n) is 2.24. The van der Waals surface area contributed by atoms with Crippen LogP contribution in [0.25, 0.3) is 0 Å². The van der Waals surface area contributed by atoms with Gasteiger partial charge in [0.15, 0.2) is 0 Å². The summed E-state index contributed by atoms with van der Waals surface area (Å²) < 4.78 is 5.62. The smallest absolute Gasteiger partial charge is 0.0970 e. The molecule has 0 atom stereocenters. The summed E-state index contributed by atoms with van der Waals surface area (Å²) in [6.45, 7) is 8.31. The Morgan fingerprint density at radius 1 is 1.39 bits per heavy atom. The standard InChI is InChI=1S/C14H24N2OS/c1-2-14-9-13(11-18-14)10-17-12-15-5-8-16-6-3-4-7-16/h9,11,15H,2-8,10,12H2,1H3. The van der Waals surface area contributed by atoms with Crippen LogP contribution in [0.4, 0.5) is 0 Å². The molecule has 0 aromatic carbocycles. The van der Waals surface area contributed by atoms with Gasteiger partial charge < -0.3 is 9.64 Å². The Bertz CT molecular complexity index is 334. The highest BCUT2D eigenvalue weighted by atomic mass is 32.1. The molecular formula is C14H24N2OS. The molecule has 1 N–H and O–H groups in total. The Kier molecular flexibility index (Phi) is 6.14. The molecule has 3 nitrogen and oxygen atoms in total. The second-order valence-corrected chi connectivity index (χ2v) is 5.81. The molecule has 0 unspecified atom stereocenters. The summed E-state index contributed by atoms with van der Waals surface area (Å²) in [5, 5.41) is 5.54. The highest BCUT2D eigenvalue weighted by Gasteiger charge is 2.09. The van der Waals surface area contributed by atoms with Crippen molar-refractivity contribution in [3.8, 4) is 0 Å². The molecule has 1 aromatic rings. The minimum absolute atomic E-state index is 0.658. The van der Waals surface area contributed by atoms with Crippen molar-refractivity contribution >= 4 is 11.3 Å². The highest BCUT2D eigenvalue weighted by molar-refractivity contribution is 7.10. The number of aryl methyl sites for hydroxylation is 1. The van der Waals surface area contributed by atoms with Gasteiger partial charge in [0.25, 0.3) is 0 Å². The molecule has 0 bridgehead atoms. The van der Waals surface area contributed by atoms with Crippen molar-refractivity contribution in [3.05, 3.63) is 21.9 Å².